The number of aromatic nitrogens is 3. The van der Waals surface area contributed by atoms with Gasteiger partial charge in [-0.1, -0.05) is 0 Å². The first-order valence-electron chi connectivity index (χ1n) is 8.64. The second-order valence-electron chi connectivity index (χ2n) is 6.02. The van der Waals surface area contributed by atoms with E-state index >= 15 is 0 Å². The molecular weight excluding hydrogens is 411 g/mol. The lowest BCUT2D eigenvalue weighted by Gasteiger charge is -2.09. The lowest BCUT2D eigenvalue weighted by atomic mass is 10.1. The standard InChI is InChI=1S/C20H16ClFN6O2/c1-12-7-14(11-29-2)16(8-23)18(26-12)28-25-9-13-3-5-15(6-4-13)30-19-17(22)10-24-20(21)27-19/h3-7,9-10H,11H2,1-2H3,(H,26,28)/b25-9+. The molecule has 0 saturated carbocycles. The van der Waals surface area contributed by atoms with Crippen molar-refractivity contribution in [3.8, 4) is 17.7 Å². The molecule has 1 aromatic carbocycles. The Balaban J connectivity index is 1.70. The number of methoxy groups -OCH3 is 1. The van der Waals surface area contributed by atoms with Crippen molar-refractivity contribution in [2.75, 3.05) is 12.5 Å². The van der Waals surface area contributed by atoms with Gasteiger partial charge in [0.25, 0.3) is 5.88 Å². The van der Waals surface area contributed by atoms with E-state index in [9.17, 15) is 9.65 Å². The predicted octanol–water partition coefficient (Wildman–Crippen LogP) is 4.23. The minimum Gasteiger partial charge on any atom is -0.436 e. The second-order valence-corrected chi connectivity index (χ2v) is 6.36. The summed E-state index contributed by atoms with van der Waals surface area (Å²) in [5, 5.41) is 13.4. The molecule has 10 heteroatoms. The van der Waals surface area contributed by atoms with Crippen LogP contribution in [0.4, 0.5) is 10.2 Å². The third-order valence-corrected chi connectivity index (χ3v) is 3.98. The maximum atomic E-state index is 13.7. The first kappa shape index (κ1) is 21.1. The first-order valence-corrected chi connectivity index (χ1v) is 9.02. The zero-order chi connectivity index (χ0) is 21.5. The molecule has 0 saturated heterocycles. The Bertz CT molecular complexity index is 1120. The van der Waals surface area contributed by atoms with Gasteiger partial charge in [-0.25, -0.2) is 9.97 Å². The summed E-state index contributed by atoms with van der Waals surface area (Å²) in [7, 11) is 1.56. The van der Waals surface area contributed by atoms with E-state index in [1.54, 1.807) is 43.7 Å². The van der Waals surface area contributed by atoms with Gasteiger partial charge in [0.05, 0.1) is 19.0 Å². The zero-order valence-electron chi connectivity index (χ0n) is 16.1. The van der Waals surface area contributed by atoms with Crippen LogP contribution in [0.15, 0.2) is 41.6 Å². The van der Waals surface area contributed by atoms with Crippen molar-refractivity contribution in [3.05, 3.63) is 70.0 Å². The van der Waals surface area contributed by atoms with Gasteiger partial charge in [-0.2, -0.15) is 19.7 Å². The van der Waals surface area contributed by atoms with Gasteiger partial charge < -0.3 is 9.47 Å². The van der Waals surface area contributed by atoms with Gasteiger partial charge in [-0.3, -0.25) is 5.43 Å². The van der Waals surface area contributed by atoms with Crippen molar-refractivity contribution in [2.24, 2.45) is 5.10 Å². The summed E-state index contributed by atoms with van der Waals surface area (Å²) >= 11 is 5.65. The number of hydrogen-bond acceptors (Lipinski definition) is 8. The molecule has 0 unspecified atom stereocenters. The molecule has 0 spiro atoms. The fourth-order valence-corrected chi connectivity index (χ4v) is 2.65. The van der Waals surface area contributed by atoms with Crippen LogP contribution in [0.2, 0.25) is 5.28 Å². The molecular formula is C20H16ClFN6O2. The number of pyridine rings is 1. The van der Waals surface area contributed by atoms with Gasteiger partial charge in [0.2, 0.25) is 11.1 Å². The molecule has 0 amide bonds. The highest BCUT2D eigenvalue weighted by atomic mass is 35.5. The van der Waals surface area contributed by atoms with Gasteiger partial charge >= 0.3 is 0 Å². The van der Waals surface area contributed by atoms with E-state index in [2.05, 4.69) is 31.5 Å². The first-order chi connectivity index (χ1) is 14.5. The van der Waals surface area contributed by atoms with Crippen molar-refractivity contribution >= 4 is 23.6 Å². The van der Waals surface area contributed by atoms with Gasteiger partial charge in [0.1, 0.15) is 17.4 Å². The van der Waals surface area contributed by atoms with Gasteiger partial charge in [0.15, 0.2) is 5.82 Å². The van der Waals surface area contributed by atoms with E-state index in [-0.39, 0.29) is 11.2 Å². The Morgan fingerprint density at radius 3 is 2.77 bits per heavy atom. The number of aryl methyl sites for hydroxylation is 1. The third-order valence-electron chi connectivity index (χ3n) is 3.80. The molecule has 0 aliphatic carbocycles. The quantitative estimate of drug-likeness (QED) is 0.342. The fraction of sp³-hybridized carbons (Fsp3) is 0.150. The number of anilines is 1. The fourth-order valence-electron chi connectivity index (χ4n) is 2.52. The number of ether oxygens (including phenoxy) is 2. The molecule has 3 rings (SSSR count). The van der Waals surface area contributed by atoms with E-state index in [1.165, 1.54) is 0 Å². The van der Waals surface area contributed by atoms with Crippen LogP contribution in [0.3, 0.4) is 0 Å². The summed E-state index contributed by atoms with van der Waals surface area (Å²) in [5.74, 6) is -0.275. The molecule has 2 aromatic heterocycles. The van der Waals surface area contributed by atoms with Gasteiger partial charge in [-0.05, 0) is 54.4 Å². The highest BCUT2D eigenvalue weighted by molar-refractivity contribution is 6.28. The summed E-state index contributed by atoms with van der Waals surface area (Å²) < 4.78 is 24.2. The lowest BCUT2D eigenvalue weighted by molar-refractivity contribution is 0.184. The van der Waals surface area contributed by atoms with E-state index in [1.807, 2.05) is 6.92 Å². The molecule has 0 fully saturated rings. The minimum absolute atomic E-state index is 0.114. The number of nitrogens with one attached hydrogen (secondary N) is 1. The van der Waals surface area contributed by atoms with E-state index in [0.29, 0.717) is 23.7 Å². The summed E-state index contributed by atoms with van der Waals surface area (Å²) in [6, 6.07) is 10.6. The maximum Gasteiger partial charge on any atom is 0.260 e. The molecule has 0 atom stereocenters. The summed E-state index contributed by atoms with van der Waals surface area (Å²) in [4.78, 5) is 11.5. The highest BCUT2D eigenvalue weighted by Gasteiger charge is 2.11. The number of hydrazone groups is 1. The molecule has 2 heterocycles. The van der Waals surface area contributed by atoms with Crippen molar-refractivity contribution in [2.45, 2.75) is 13.5 Å². The highest BCUT2D eigenvalue weighted by Crippen LogP contribution is 2.23. The molecule has 0 bridgehead atoms. The topological polar surface area (TPSA) is 105 Å². The third kappa shape index (κ3) is 5.26. The Labute approximate surface area is 177 Å². The largest absolute Gasteiger partial charge is 0.436 e. The van der Waals surface area contributed by atoms with Crippen LogP contribution in [0.1, 0.15) is 22.4 Å². The van der Waals surface area contributed by atoms with Crippen LogP contribution in [0.25, 0.3) is 0 Å². The molecule has 152 valence electrons. The van der Waals surface area contributed by atoms with E-state index in [0.717, 1.165) is 23.0 Å². The number of nitriles is 1. The normalized spacial score (nSPS) is 10.8. The zero-order valence-corrected chi connectivity index (χ0v) is 16.8. The van der Waals surface area contributed by atoms with Crippen LogP contribution in [-0.4, -0.2) is 28.3 Å². The SMILES string of the molecule is COCc1cc(C)nc(N/N=C/c2ccc(Oc3nc(Cl)ncc3F)cc2)c1C#N. The average molecular weight is 427 g/mol. The van der Waals surface area contributed by atoms with Crippen molar-refractivity contribution in [1.82, 2.24) is 15.0 Å². The Kier molecular flexibility index (Phi) is 6.85. The molecule has 0 radical (unpaired) electrons. The number of nitrogens with zero attached hydrogens (tertiary/aromatic N) is 5. The minimum atomic E-state index is -0.721. The average Bonchev–Trinajstić information content (AvgIpc) is 2.72. The number of benzene rings is 1. The summed E-state index contributed by atoms with van der Waals surface area (Å²) in [6.07, 6.45) is 2.48. The maximum absolute atomic E-state index is 13.7. The predicted molar refractivity (Wildman–Crippen MR) is 109 cm³/mol. The van der Waals surface area contributed by atoms with Crippen LogP contribution >= 0.6 is 11.6 Å². The van der Waals surface area contributed by atoms with Crippen LogP contribution in [0, 0.1) is 24.1 Å². The van der Waals surface area contributed by atoms with Gasteiger partial charge in [0, 0.05) is 18.4 Å². The van der Waals surface area contributed by atoms with Gasteiger partial charge in [-0.15, -0.1) is 0 Å². The summed E-state index contributed by atoms with van der Waals surface area (Å²) in [6.45, 7) is 2.12. The lowest BCUT2D eigenvalue weighted by Crippen LogP contribution is -2.03. The van der Waals surface area contributed by atoms with E-state index in [4.69, 9.17) is 21.1 Å². The second kappa shape index (κ2) is 9.73. The van der Waals surface area contributed by atoms with E-state index < -0.39 is 5.82 Å². The van der Waals surface area contributed by atoms with Crippen molar-refractivity contribution in [3.63, 3.8) is 0 Å². The Morgan fingerprint density at radius 1 is 1.30 bits per heavy atom. The number of rotatable bonds is 7. The number of hydrogen-bond donors (Lipinski definition) is 1. The summed E-state index contributed by atoms with van der Waals surface area (Å²) in [5.41, 5.74) is 5.35. The smallest absolute Gasteiger partial charge is 0.260 e. The van der Waals surface area contributed by atoms with Crippen LogP contribution in [-0.2, 0) is 11.3 Å². The Morgan fingerprint density at radius 2 is 2.07 bits per heavy atom. The van der Waals surface area contributed by atoms with Crippen molar-refractivity contribution < 1.29 is 13.9 Å². The van der Waals surface area contributed by atoms with Crippen molar-refractivity contribution in [1.29, 1.82) is 5.26 Å². The number of halogens is 2. The Hall–Kier alpha value is -3.61. The molecule has 0 aliphatic heterocycles. The van der Waals surface area contributed by atoms with Crippen LogP contribution in [0.5, 0.6) is 11.6 Å². The molecule has 8 nitrogen and oxygen atoms in total. The van der Waals surface area contributed by atoms with Crippen LogP contribution < -0.4 is 10.2 Å². The molecule has 0 aliphatic rings. The molecule has 3 aromatic rings. The molecule has 30 heavy (non-hydrogen) atoms. The molecule has 1 N–H and O–H groups in total. The monoisotopic (exact) mass is 426 g/mol.